The first kappa shape index (κ1) is 19.4. The molecule has 1 fully saturated rings. The van der Waals surface area contributed by atoms with Crippen LogP contribution in [0.5, 0.6) is 0 Å². The number of halogens is 2. The lowest BCUT2D eigenvalue weighted by Crippen LogP contribution is -2.41. The maximum Gasteiger partial charge on any atom is 0.244 e. The number of unbranched alkanes of at least 4 members (excludes halogenated alkanes) is 1. The largest absolute Gasteiger partial charge is 0.244 e. The van der Waals surface area contributed by atoms with Crippen molar-refractivity contribution >= 4 is 51.7 Å². The molecule has 0 bridgehead atoms. The summed E-state index contributed by atoms with van der Waals surface area (Å²) < 4.78 is 52.2. The fourth-order valence-corrected chi connectivity index (χ4v) is 7.60. The molecule has 2 rings (SSSR count). The second kappa shape index (κ2) is 7.51. The quantitative estimate of drug-likeness (QED) is 0.616. The van der Waals surface area contributed by atoms with Crippen LogP contribution in [0.3, 0.4) is 0 Å². The molecule has 1 aliphatic heterocycles. The number of rotatable bonds is 6. The molecule has 130 valence electrons. The number of nitrogens with zero attached hydrogens (tertiary/aromatic N) is 1. The molecule has 0 N–H and O–H groups in total. The molecular weight excluding hydrogens is 470 g/mol. The topological polar surface area (TPSA) is 71.5 Å². The van der Waals surface area contributed by atoms with E-state index in [0.717, 1.165) is 6.42 Å². The lowest BCUT2D eigenvalue weighted by molar-refractivity contribution is 0.335. The van der Waals surface area contributed by atoms with Gasteiger partial charge < -0.3 is 0 Å². The van der Waals surface area contributed by atoms with E-state index in [1.54, 1.807) is 18.2 Å². The zero-order valence-corrected chi connectivity index (χ0v) is 17.5. The third-order valence-electron chi connectivity index (χ3n) is 3.83. The molecule has 1 saturated heterocycles. The van der Waals surface area contributed by atoms with Gasteiger partial charge in [-0.1, -0.05) is 29.3 Å². The molecule has 1 aromatic rings. The number of sulfone groups is 1. The van der Waals surface area contributed by atoms with E-state index in [-0.39, 0.29) is 16.4 Å². The lowest BCUT2D eigenvalue weighted by Gasteiger charge is -2.27. The van der Waals surface area contributed by atoms with E-state index >= 15 is 0 Å². The predicted octanol–water partition coefficient (Wildman–Crippen LogP) is 3.19. The smallest absolute Gasteiger partial charge is 0.229 e. The molecule has 1 aliphatic rings. The van der Waals surface area contributed by atoms with Crippen molar-refractivity contribution in [2.45, 2.75) is 37.1 Å². The standard InChI is InChI=1S/C14H19Br2NO4S2/c1-2-3-7-17(12-6-8-22(18,19)10-12)23(20,21)14-9-11(15)4-5-13(14)16/h4-5,9,12H,2-3,6-8,10H2,1H3/t12-/m0/s1. The summed E-state index contributed by atoms with van der Waals surface area (Å²) in [5.41, 5.74) is 0. The van der Waals surface area contributed by atoms with Crippen LogP contribution in [-0.4, -0.2) is 45.2 Å². The Morgan fingerprint density at radius 1 is 1.30 bits per heavy atom. The Hall–Kier alpha value is 0.0400. The summed E-state index contributed by atoms with van der Waals surface area (Å²) in [7, 11) is -6.92. The Morgan fingerprint density at radius 3 is 2.57 bits per heavy atom. The van der Waals surface area contributed by atoms with Crippen LogP contribution in [0.25, 0.3) is 0 Å². The highest BCUT2D eigenvalue weighted by atomic mass is 79.9. The summed E-state index contributed by atoms with van der Waals surface area (Å²) >= 11 is 6.58. The number of sulfonamides is 1. The average molecular weight is 489 g/mol. The van der Waals surface area contributed by atoms with Gasteiger partial charge in [-0.2, -0.15) is 4.31 Å². The Bertz CT molecular complexity index is 778. The fraction of sp³-hybridized carbons (Fsp3) is 0.571. The normalized spacial score (nSPS) is 21.0. The SMILES string of the molecule is CCCCN([C@H]1CCS(=O)(=O)C1)S(=O)(=O)c1cc(Br)ccc1Br. The highest BCUT2D eigenvalue weighted by molar-refractivity contribution is 9.11. The first-order chi connectivity index (χ1) is 10.7. The van der Waals surface area contributed by atoms with E-state index in [2.05, 4.69) is 31.9 Å². The zero-order chi connectivity index (χ0) is 17.3. The van der Waals surface area contributed by atoms with Crippen molar-refractivity contribution in [1.82, 2.24) is 4.31 Å². The molecule has 0 unspecified atom stereocenters. The van der Waals surface area contributed by atoms with Gasteiger partial charge in [0.15, 0.2) is 9.84 Å². The molecule has 0 amide bonds. The van der Waals surface area contributed by atoms with E-state index in [1.165, 1.54) is 4.31 Å². The van der Waals surface area contributed by atoms with Crippen molar-refractivity contribution in [3.8, 4) is 0 Å². The molecule has 5 nitrogen and oxygen atoms in total. The van der Waals surface area contributed by atoms with Crippen LogP contribution >= 0.6 is 31.9 Å². The van der Waals surface area contributed by atoms with Gasteiger partial charge in [-0.3, -0.25) is 0 Å². The molecule has 9 heteroatoms. The van der Waals surface area contributed by atoms with Gasteiger partial charge in [0.25, 0.3) is 0 Å². The third-order valence-corrected chi connectivity index (χ3v) is 9.02. The second-order valence-electron chi connectivity index (χ2n) is 5.60. The summed E-state index contributed by atoms with van der Waals surface area (Å²) in [4.78, 5) is 0.160. The highest BCUT2D eigenvalue weighted by Crippen LogP contribution is 2.31. The monoisotopic (exact) mass is 487 g/mol. The molecule has 0 saturated carbocycles. The van der Waals surface area contributed by atoms with Crippen LogP contribution in [0.2, 0.25) is 0 Å². The molecule has 0 aromatic heterocycles. The van der Waals surface area contributed by atoms with Crippen molar-refractivity contribution in [2.24, 2.45) is 0 Å². The maximum absolute atomic E-state index is 13.1. The van der Waals surface area contributed by atoms with Gasteiger partial charge in [-0.15, -0.1) is 0 Å². The minimum atomic E-state index is -3.77. The highest BCUT2D eigenvalue weighted by Gasteiger charge is 2.39. The first-order valence-electron chi connectivity index (χ1n) is 7.34. The van der Waals surface area contributed by atoms with Crippen molar-refractivity contribution in [1.29, 1.82) is 0 Å². The van der Waals surface area contributed by atoms with Gasteiger partial charge >= 0.3 is 0 Å². The van der Waals surface area contributed by atoms with Crippen LogP contribution < -0.4 is 0 Å². The maximum atomic E-state index is 13.1. The predicted molar refractivity (Wildman–Crippen MR) is 97.7 cm³/mol. The summed E-state index contributed by atoms with van der Waals surface area (Å²) in [5, 5.41) is 0. The van der Waals surface area contributed by atoms with Gasteiger partial charge in [0.05, 0.1) is 16.4 Å². The van der Waals surface area contributed by atoms with Gasteiger partial charge in [0, 0.05) is 21.5 Å². The van der Waals surface area contributed by atoms with E-state index in [4.69, 9.17) is 0 Å². The minimum absolute atomic E-state index is 0.0511. The molecule has 1 aromatic carbocycles. The van der Waals surface area contributed by atoms with Crippen LogP contribution in [0.1, 0.15) is 26.2 Å². The van der Waals surface area contributed by atoms with E-state index in [0.29, 0.717) is 28.3 Å². The summed E-state index contributed by atoms with van der Waals surface area (Å²) in [6, 6.07) is 4.48. The Balaban J connectivity index is 2.43. The van der Waals surface area contributed by atoms with E-state index in [9.17, 15) is 16.8 Å². The zero-order valence-electron chi connectivity index (χ0n) is 12.7. The van der Waals surface area contributed by atoms with Gasteiger partial charge in [0.1, 0.15) is 0 Å². The molecule has 23 heavy (non-hydrogen) atoms. The van der Waals surface area contributed by atoms with Crippen LogP contribution in [0.4, 0.5) is 0 Å². The second-order valence-corrected chi connectivity index (χ2v) is 11.5. The van der Waals surface area contributed by atoms with Crippen LogP contribution in [0, 0.1) is 0 Å². The van der Waals surface area contributed by atoms with Crippen molar-refractivity contribution in [2.75, 3.05) is 18.1 Å². The number of hydrogen-bond donors (Lipinski definition) is 0. The lowest BCUT2D eigenvalue weighted by atomic mass is 10.2. The molecular formula is C14H19Br2NO4S2. The van der Waals surface area contributed by atoms with E-state index in [1.807, 2.05) is 6.92 Å². The average Bonchev–Trinajstić information content (AvgIpc) is 2.81. The molecule has 1 atom stereocenters. The number of hydrogen-bond acceptors (Lipinski definition) is 4. The summed E-state index contributed by atoms with van der Waals surface area (Å²) in [6.45, 7) is 2.31. The Kier molecular flexibility index (Phi) is 6.32. The summed E-state index contributed by atoms with van der Waals surface area (Å²) in [5.74, 6) is -0.0446. The molecule has 1 heterocycles. The fourth-order valence-electron chi connectivity index (χ4n) is 2.62. The Labute approximate surface area is 154 Å². The van der Waals surface area contributed by atoms with Crippen molar-refractivity contribution in [3.63, 3.8) is 0 Å². The number of benzene rings is 1. The molecule has 0 aliphatic carbocycles. The van der Waals surface area contributed by atoms with Gasteiger partial charge in [0.2, 0.25) is 10.0 Å². The van der Waals surface area contributed by atoms with Gasteiger partial charge in [-0.05, 0) is 47.0 Å². The third kappa shape index (κ3) is 4.56. The van der Waals surface area contributed by atoms with Crippen molar-refractivity contribution < 1.29 is 16.8 Å². The van der Waals surface area contributed by atoms with Crippen molar-refractivity contribution in [3.05, 3.63) is 27.1 Å². The van der Waals surface area contributed by atoms with Crippen LogP contribution in [-0.2, 0) is 19.9 Å². The molecule has 0 spiro atoms. The summed E-state index contributed by atoms with van der Waals surface area (Å²) in [6.07, 6.45) is 1.89. The van der Waals surface area contributed by atoms with Crippen LogP contribution in [0.15, 0.2) is 32.0 Å². The minimum Gasteiger partial charge on any atom is -0.229 e. The van der Waals surface area contributed by atoms with Gasteiger partial charge in [-0.25, -0.2) is 16.8 Å². The first-order valence-corrected chi connectivity index (χ1v) is 12.2. The Morgan fingerprint density at radius 2 is 2.00 bits per heavy atom. The molecule has 0 radical (unpaired) electrons. The van der Waals surface area contributed by atoms with E-state index < -0.39 is 25.9 Å².